The summed E-state index contributed by atoms with van der Waals surface area (Å²) in [5, 5.41) is 19.1. The third-order valence-corrected chi connectivity index (χ3v) is 5.12. The Morgan fingerprint density at radius 2 is 1.94 bits per heavy atom. The number of benzene rings is 2. The number of nitro groups is 1. The summed E-state index contributed by atoms with van der Waals surface area (Å²) in [7, 11) is 1.39. The Balaban J connectivity index is 1.84. The number of carboxylic acids is 1. The zero-order valence-corrected chi connectivity index (χ0v) is 17.0. The lowest BCUT2D eigenvalue weighted by Crippen LogP contribution is -2.27. The van der Waals surface area contributed by atoms with Crippen molar-refractivity contribution in [2.75, 3.05) is 13.7 Å². The molecule has 1 aliphatic heterocycles. The average Bonchev–Trinajstić information content (AvgIpc) is 3.00. The number of carbonyl (C=O) groups is 3. The molecule has 0 aromatic heterocycles. The molecule has 31 heavy (non-hydrogen) atoms. The molecule has 0 saturated carbocycles. The van der Waals surface area contributed by atoms with Gasteiger partial charge in [0, 0.05) is 17.7 Å². The lowest BCUT2D eigenvalue weighted by molar-refractivity contribution is -0.384. The van der Waals surface area contributed by atoms with Crippen LogP contribution in [0.5, 0.6) is 11.5 Å². The maximum Gasteiger partial charge on any atom is 0.341 e. The molecule has 1 fully saturated rings. The Hall–Kier alpha value is -3.86. The second kappa shape index (κ2) is 9.30. The largest absolute Gasteiger partial charge is 0.493 e. The summed E-state index contributed by atoms with van der Waals surface area (Å²) < 4.78 is 10.5. The first-order chi connectivity index (χ1) is 14.8. The van der Waals surface area contributed by atoms with Crippen LogP contribution >= 0.6 is 11.8 Å². The molecule has 0 aliphatic carbocycles. The van der Waals surface area contributed by atoms with E-state index in [9.17, 15) is 24.5 Å². The predicted octanol–water partition coefficient (Wildman–Crippen LogP) is 3.30. The van der Waals surface area contributed by atoms with Crippen molar-refractivity contribution in [3.05, 3.63) is 68.6 Å². The molecule has 0 atom stereocenters. The summed E-state index contributed by atoms with van der Waals surface area (Å²) in [6.45, 7) is -0.649. The van der Waals surface area contributed by atoms with Gasteiger partial charge in [0.15, 0.2) is 18.1 Å². The third kappa shape index (κ3) is 5.01. The fraction of sp³-hybridized carbons (Fsp3) is 0.150. The Bertz CT molecular complexity index is 1080. The Kier molecular flexibility index (Phi) is 6.55. The van der Waals surface area contributed by atoms with Gasteiger partial charge in [-0.3, -0.25) is 24.6 Å². The number of methoxy groups -OCH3 is 1. The number of para-hydroxylation sites is 1. The van der Waals surface area contributed by atoms with Gasteiger partial charge in [0.25, 0.3) is 16.8 Å². The van der Waals surface area contributed by atoms with Gasteiger partial charge in [0.1, 0.15) is 0 Å². The Morgan fingerprint density at radius 1 is 1.23 bits per heavy atom. The molecule has 1 N–H and O–H groups in total. The van der Waals surface area contributed by atoms with Crippen LogP contribution in [0.3, 0.4) is 0 Å². The number of imide groups is 1. The van der Waals surface area contributed by atoms with Crippen LogP contribution in [0.4, 0.5) is 10.5 Å². The molecule has 0 radical (unpaired) electrons. The third-order valence-electron chi connectivity index (χ3n) is 4.22. The van der Waals surface area contributed by atoms with Crippen LogP contribution in [0.2, 0.25) is 0 Å². The molecule has 10 nitrogen and oxygen atoms in total. The highest BCUT2D eigenvalue weighted by Crippen LogP contribution is 2.38. The monoisotopic (exact) mass is 444 g/mol. The lowest BCUT2D eigenvalue weighted by atomic mass is 10.1. The van der Waals surface area contributed by atoms with Gasteiger partial charge in [-0.1, -0.05) is 24.3 Å². The van der Waals surface area contributed by atoms with Gasteiger partial charge in [0.2, 0.25) is 0 Å². The molecule has 160 valence electrons. The van der Waals surface area contributed by atoms with Crippen molar-refractivity contribution in [2.45, 2.75) is 6.54 Å². The zero-order chi connectivity index (χ0) is 22.5. The number of ether oxygens (including phenoxy) is 2. The molecule has 0 unspecified atom stereocenters. The van der Waals surface area contributed by atoms with E-state index in [-0.39, 0.29) is 28.6 Å². The molecular weight excluding hydrogens is 428 g/mol. The number of carboxylic acid groups (broad SMARTS) is 1. The minimum absolute atomic E-state index is 0.0412. The van der Waals surface area contributed by atoms with E-state index in [1.807, 2.05) is 0 Å². The van der Waals surface area contributed by atoms with Crippen LogP contribution in [0.15, 0.2) is 47.4 Å². The number of hydrogen-bond acceptors (Lipinski definition) is 8. The van der Waals surface area contributed by atoms with Crippen LogP contribution in [-0.2, 0) is 16.1 Å². The average molecular weight is 444 g/mol. The maximum absolute atomic E-state index is 12.8. The van der Waals surface area contributed by atoms with Crippen LogP contribution in [0, 0.1) is 10.1 Å². The molecule has 3 rings (SSSR count). The zero-order valence-electron chi connectivity index (χ0n) is 16.1. The molecule has 2 aromatic carbocycles. The van der Waals surface area contributed by atoms with E-state index in [1.165, 1.54) is 37.5 Å². The van der Waals surface area contributed by atoms with Crippen molar-refractivity contribution in [3.63, 3.8) is 0 Å². The van der Waals surface area contributed by atoms with Gasteiger partial charge in [-0.25, -0.2) is 4.79 Å². The Labute approximate surface area is 180 Å². The fourth-order valence-corrected chi connectivity index (χ4v) is 3.61. The van der Waals surface area contributed by atoms with E-state index >= 15 is 0 Å². The van der Waals surface area contributed by atoms with Gasteiger partial charge < -0.3 is 14.6 Å². The standard InChI is InChI=1S/C20H16N2O8S/c1-29-15-4-2-3-13(18(15)30-11-17(23)24)9-16-19(25)21(20(26)31-16)10-12-5-7-14(8-6-12)22(27)28/h2-9H,10-11H2,1H3,(H,23,24). The molecule has 11 heteroatoms. The number of nitro benzene ring substituents is 1. The SMILES string of the molecule is COc1cccc(C=C2SC(=O)N(Cc3ccc([N+](=O)[O-])cc3)C2=O)c1OCC(=O)O. The van der Waals surface area contributed by atoms with Gasteiger partial charge in [-0.15, -0.1) is 0 Å². The lowest BCUT2D eigenvalue weighted by Gasteiger charge is -2.13. The van der Waals surface area contributed by atoms with Crippen LogP contribution < -0.4 is 9.47 Å². The van der Waals surface area contributed by atoms with Crippen molar-refractivity contribution in [1.82, 2.24) is 4.90 Å². The van der Waals surface area contributed by atoms with E-state index in [1.54, 1.807) is 18.2 Å². The fourth-order valence-electron chi connectivity index (χ4n) is 2.78. The predicted molar refractivity (Wildman–Crippen MR) is 111 cm³/mol. The Morgan fingerprint density at radius 3 is 2.55 bits per heavy atom. The number of thioether (sulfide) groups is 1. The van der Waals surface area contributed by atoms with Crippen LogP contribution in [-0.4, -0.2) is 45.8 Å². The maximum atomic E-state index is 12.8. The summed E-state index contributed by atoms with van der Waals surface area (Å²) in [5.41, 5.74) is 0.840. The minimum Gasteiger partial charge on any atom is -0.493 e. The molecule has 1 aliphatic rings. The molecule has 0 spiro atoms. The van der Waals surface area contributed by atoms with E-state index in [0.717, 1.165) is 16.7 Å². The molecule has 2 aromatic rings. The first-order valence-electron chi connectivity index (χ1n) is 8.80. The number of non-ortho nitro benzene ring substituents is 1. The van der Waals surface area contributed by atoms with Crippen molar-refractivity contribution in [1.29, 1.82) is 0 Å². The van der Waals surface area contributed by atoms with E-state index < -0.39 is 28.6 Å². The van der Waals surface area contributed by atoms with Crippen molar-refractivity contribution in [2.24, 2.45) is 0 Å². The van der Waals surface area contributed by atoms with Gasteiger partial charge in [0.05, 0.1) is 23.5 Å². The summed E-state index contributed by atoms with van der Waals surface area (Å²) in [6, 6.07) is 10.4. The highest BCUT2D eigenvalue weighted by molar-refractivity contribution is 8.18. The second-order valence-electron chi connectivity index (χ2n) is 6.25. The number of amides is 2. The summed E-state index contributed by atoms with van der Waals surface area (Å²) in [4.78, 5) is 47.4. The van der Waals surface area contributed by atoms with E-state index in [2.05, 4.69) is 0 Å². The molecule has 1 saturated heterocycles. The van der Waals surface area contributed by atoms with Gasteiger partial charge in [-0.05, 0) is 29.5 Å². The van der Waals surface area contributed by atoms with Crippen LogP contribution in [0.1, 0.15) is 11.1 Å². The van der Waals surface area contributed by atoms with Gasteiger partial charge in [-0.2, -0.15) is 0 Å². The van der Waals surface area contributed by atoms with E-state index in [4.69, 9.17) is 14.6 Å². The number of rotatable bonds is 8. The topological polar surface area (TPSA) is 136 Å². The number of nitrogens with zero attached hydrogens (tertiary/aromatic N) is 2. The number of hydrogen-bond donors (Lipinski definition) is 1. The quantitative estimate of drug-likeness (QED) is 0.369. The summed E-state index contributed by atoms with van der Waals surface area (Å²) in [5.74, 6) is -1.31. The highest BCUT2D eigenvalue weighted by Gasteiger charge is 2.35. The second-order valence-corrected chi connectivity index (χ2v) is 7.25. The molecule has 1 heterocycles. The first-order valence-corrected chi connectivity index (χ1v) is 9.62. The molecule has 0 bridgehead atoms. The van der Waals surface area contributed by atoms with Crippen molar-refractivity contribution in [3.8, 4) is 11.5 Å². The van der Waals surface area contributed by atoms with Crippen molar-refractivity contribution >= 4 is 40.6 Å². The normalized spacial score (nSPS) is 14.7. The van der Waals surface area contributed by atoms with Gasteiger partial charge >= 0.3 is 5.97 Å². The van der Waals surface area contributed by atoms with Crippen LogP contribution in [0.25, 0.3) is 6.08 Å². The van der Waals surface area contributed by atoms with Crippen molar-refractivity contribution < 1.29 is 33.9 Å². The minimum atomic E-state index is -1.18. The number of aliphatic carboxylic acids is 1. The molecular formula is C20H16N2O8S. The smallest absolute Gasteiger partial charge is 0.341 e. The number of carbonyl (C=O) groups excluding carboxylic acids is 2. The first kappa shape index (κ1) is 21.8. The highest BCUT2D eigenvalue weighted by atomic mass is 32.2. The summed E-state index contributed by atoms with van der Waals surface area (Å²) >= 11 is 0.728. The summed E-state index contributed by atoms with van der Waals surface area (Å²) in [6.07, 6.45) is 1.43. The van der Waals surface area contributed by atoms with E-state index in [0.29, 0.717) is 11.1 Å². The molecule has 2 amide bonds.